The lowest BCUT2D eigenvalue weighted by Gasteiger charge is -2.14. The molecule has 1 heterocycles. The van der Waals surface area contributed by atoms with Crippen LogP contribution >= 0.6 is 15.9 Å². The van der Waals surface area contributed by atoms with Crippen molar-refractivity contribution in [2.24, 2.45) is 5.10 Å². The lowest BCUT2D eigenvalue weighted by molar-refractivity contribution is -0.120. The van der Waals surface area contributed by atoms with Gasteiger partial charge in [-0.3, -0.25) is 4.79 Å². The highest BCUT2D eigenvalue weighted by Crippen LogP contribution is 2.27. The Balaban J connectivity index is 2.43. The lowest BCUT2D eigenvalue weighted by Crippen LogP contribution is -2.36. The summed E-state index contributed by atoms with van der Waals surface area (Å²) in [5, 5.41) is 4.01. The van der Waals surface area contributed by atoms with Crippen LogP contribution < -0.4 is 5.43 Å². The van der Waals surface area contributed by atoms with Crippen molar-refractivity contribution in [3.05, 3.63) is 35.9 Å². The van der Waals surface area contributed by atoms with Gasteiger partial charge in [-0.05, 0) is 12.5 Å². The highest BCUT2D eigenvalue weighted by atomic mass is 79.9. The van der Waals surface area contributed by atoms with E-state index in [0.29, 0.717) is 0 Å². The molecule has 4 heteroatoms. The predicted molar refractivity (Wildman–Crippen MR) is 58.5 cm³/mol. The van der Waals surface area contributed by atoms with Crippen LogP contribution in [0.25, 0.3) is 0 Å². The molecule has 1 aliphatic rings. The first kappa shape index (κ1) is 9.40. The average molecular weight is 253 g/mol. The van der Waals surface area contributed by atoms with Gasteiger partial charge in [-0.25, -0.2) is 5.43 Å². The quantitative estimate of drug-likeness (QED) is 0.760. The molecular formula is C10H9BrN2O. The van der Waals surface area contributed by atoms with E-state index in [2.05, 4.69) is 26.5 Å². The maximum atomic E-state index is 11.4. The van der Waals surface area contributed by atoms with Crippen LogP contribution in [0.4, 0.5) is 0 Å². The third-order valence-electron chi connectivity index (χ3n) is 2.19. The Morgan fingerprint density at radius 2 is 2.00 bits per heavy atom. The lowest BCUT2D eigenvalue weighted by atomic mass is 9.99. The minimum absolute atomic E-state index is 0.128. The number of amides is 1. The summed E-state index contributed by atoms with van der Waals surface area (Å²) >= 11 is 3.37. The van der Waals surface area contributed by atoms with Gasteiger partial charge in [-0.2, -0.15) is 5.10 Å². The zero-order valence-corrected chi connectivity index (χ0v) is 9.21. The standard InChI is InChI=1S/C10H9BrN2O/c1-10(11)8(12-13-9(10)14)7-5-3-2-4-6-7/h2-6H,1H3,(H,13,14). The molecule has 0 aromatic heterocycles. The maximum Gasteiger partial charge on any atom is 0.262 e. The first-order valence-electron chi connectivity index (χ1n) is 4.25. The summed E-state index contributed by atoms with van der Waals surface area (Å²) in [6.45, 7) is 1.79. The van der Waals surface area contributed by atoms with Crippen LogP contribution in [0, 0.1) is 0 Å². The van der Waals surface area contributed by atoms with Gasteiger partial charge in [-0.15, -0.1) is 0 Å². The van der Waals surface area contributed by atoms with Crippen LogP contribution in [0.2, 0.25) is 0 Å². The number of halogens is 1. The summed E-state index contributed by atoms with van der Waals surface area (Å²) in [5.74, 6) is -0.128. The van der Waals surface area contributed by atoms with E-state index in [1.807, 2.05) is 30.3 Å². The number of carbonyl (C=O) groups is 1. The van der Waals surface area contributed by atoms with Gasteiger partial charge in [0.25, 0.3) is 5.91 Å². The van der Waals surface area contributed by atoms with E-state index in [9.17, 15) is 4.79 Å². The van der Waals surface area contributed by atoms with Gasteiger partial charge in [0.1, 0.15) is 4.32 Å². The molecule has 1 atom stereocenters. The Bertz CT molecular complexity index is 398. The van der Waals surface area contributed by atoms with Crippen molar-refractivity contribution < 1.29 is 4.79 Å². The Morgan fingerprint density at radius 3 is 2.50 bits per heavy atom. The Morgan fingerprint density at radius 1 is 1.36 bits per heavy atom. The van der Waals surface area contributed by atoms with Crippen molar-refractivity contribution in [2.45, 2.75) is 11.2 Å². The van der Waals surface area contributed by atoms with Crippen molar-refractivity contribution in [1.29, 1.82) is 0 Å². The van der Waals surface area contributed by atoms with Gasteiger partial charge in [-0.1, -0.05) is 46.3 Å². The average Bonchev–Trinajstić information content (AvgIpc) is 2.44. The number of carbonyl (C=O) groups excluding carboxylic acids is 1. The largest absolute Gasteiger partial charge is 0.271 e. The minimum Gasteiger partial charge on any atom is -0.271 e. The maximum absolute atomic E-state index is 11.4. The fourth-order valence-corrected chi connectivity index (χ4v) is 1.76. The van der Waals surface area contributed by atoms with Gasteiger partial charge in [0, 0.05) is 0 Å². The zero-order chi connectivity index (χ0) is 10.2. The van der Waals surface area contributed by atoms with Crippen LogP contribution in [0.15, 0.2) is 35.4 Å². The van der Waals surface area contributed by atoms with Gasteiger partial charge < -0.3 is 0 Å². The van der Waals surface area contributed by atoms with E-state index in [4.69, 9.17) is 0 Å². The first-order valence-corrected chi connectivity index (χ1v) is 5.04. The van der Waals surface area contributed by atoms with Gasteiger partial charge in [0.2, 0.25) is 0 Å². The number of hydrazone groups is 1. The summed E-state index contributed by atoms with van der Waals surface area (Å²) in [6, 6.07) is 9.63. The molecule has 0 saturated carbocycles. The number of alkyl halides is 1. The summed E-state index contributed by atoms with van der Waals surface area (Å²) in [7, 11) is 0. The smallest absolute Gasteiger partial charge is 0.262 e. The van der Waals surface area contributed by atoms with Crippen molar-refractivity contribution >= 4 is 27.5 Å². The van der Waals surface area contributed by atoms with Crippen LogP contribution in [-0.2, 0) is 4.79 Å². The number of hydrogen-bond acceptors (Lipinski definition) is 2. The Hall–Kier alpha value is -1.16. The van der Waals surface area contributed by atoms with Crippen molar-refractivity contribution in [3.63, 3.8) is 0 Å². The molecule has 72 valence electrons. The first-order chi connectivity index (χ1) is 6.62. The second-order valence-electron chi connectivity index (χ2n) is 3.27. The van der Waals surface area contributed by atoms with Crippen LogP contribution in [-0.4, -0.2) is 15.9 Å². The van der Waals surface area contributed by atoms with E-state index >= 15 is 0 Å². The number of hydrogen-bond donors (Lipinski definition) is 1. The summed E-state index contributed by atoms with van der Waals surface area (Å²) in [5.41, 5.74) is 4.13. The number of nitrogens with one attached hydrogen (secondary N) is 1. The topological polar surface area (TPSA) is 41.5 Å². The van der Waals surface area contributed by atoms with Crippen LogP contribution in [0.3, 0.4) is 0 Å². The molecule has 0 saturated heterocycles. The number of benzene rings is 1. The molecule has 1 amide bonds. The third kappa shape index (κ3) is 1.35. The monoisotopic (exact) mass is 252 g/mol. The van der Waals surface area contributed by atoms with E-state index in [1.165, 1.54) is 0 Å². The molecule has 1 N–H and O–H groups in total. The highest BCUT2D eigenvalue weighted by molar-refractivity contribution is 9.10. The number of rotatable bonds is 1. The second kappa shape index (κ2) is 3.20. The molecule has 0 bridgehead atoms. The summed E-state index contributed by atoms with van der Waals surface area (Å²) in [4.78, 5) is 11.4. The Kier molecular flexibility index (Phi) is 2.15. The van der Waals surface area contributed by atoms with Crippen molar-refractivity contribution in [3.8, 4) is 0 Å². The summed E-state index contributed by atoms with van der Waals surface area (Å²) < 4.78 is -0.714. The molecule has 1 aromatic carbocycles. The summed E-state index contributed by atoms with van der Waals surface area (Å²) in [6.07, 6.45) is 0. The zero-order valence-electron chi connectivity index (χ0n) is 7.62. The molecule has 1 aliphatic heterocycles. The third-order valence-corrected chi connectivity index (χ3v) is 2.92. The highest BCUT2D eigenvalue weighted by Gasteiger charge is 2.41. The molecule has 1 aromatic rings. The minimum atomic E-state index is -0.714. The molecule has 0 fully saturated rings. The van der Waals surface area contributed by atoms with Crippen molar-refractivity contribution in [1.82, 2.24) is 5.43 Å². The van der Waals surface area contributed by atoms with E-state index < -0.39 is 4.32 Å². The molecular weight excluding hydrogens is 244 g/mol. The van der Waals surface area contributed by atoms with Crippen molar-refractivity contribution in [2.75, 3.05) is 0 Å². The van der Waals surface area contributed by atoms with E-state index in [-0.39, 0.29) is 5.91 Å². The van der Waals surface area contributed by atoms with Gasteiger partial charge >= 0.3 is 0 Å². The predicted octanol–water partition coefficient (Wildman–Crippen LogP) is 1.67. The van der Waals surface area contributed by atoms with E-state index in [0.717, 1.165) is 11.3 Å². The fourth-order valence-electron chi connectivity index (χ4n) is 1.36. The molecule has 0 radical (unpaired) electrons. The second-order valence-corrected chi connectivity index (χ2v) is 4.86. The fraction of sp³-hybridized carbons (Fsp3) is 0.200. The molecule has 0 aliphatic carbocycles. The normalized spacial score (nSPS) is 25.9. The van der Waals surface area contributed by atoms with Gasteiger partial charge in [0.15, 0.2) is 0 Å². The van der Waals surface area contributed by atoms with Crippen LogP contribution in [0.1, 0.15) is 12.5 Å². The van der Waals surface area contributed by atoms with E-state index in [1.54, 1.807) is 6.92 Å². The SMILES string of the molecule is CC1(Br)C(=O)NN=C1c1ccccc1. The molecule has 0 spiro atoms. The molecule has 14 heavy (non-hydrogen) atoms. The molecule has 3 nitrogen and oxygen atoms in total. The Labute approximate surface area is 90.3 Å². The van der Waals surface area contributed by atoms with Gasteiger partial charge in [0.05, 0.1) is 5.71 Å². The number of nitrogens with zero attached hydrogens (tertiary/aromatic N) is 1. The molecule has 2 rings (SSSR count). The molecule has 1 unspecified atom stereocenters. The van der Waals surface area contributed by atoms with Crippen LogP contribution in [0.5, 0.6) is 0 Å².